The van der Waals surface area contributed by atoms with Gasteiger partial charge in [-0.2, -0.15) is 4.98 Å². The molecule has 1 aromatic heterocycles. The highest BCUT2D eigenvalue weighted by molar-refractivity contribution is 5.60. The van der Waals surface area contributed by atoms with Gasteiger partial charge in [-0.1, -0.05) is 25.5 Å². The van der Waals surface area contributed by atoms with Crippen molar-refractivity contribution in [2.75, 3.05) is 17.2 Å². The third-order valence-corrected chi connectivity index (χ3v) is 3.34. The van der Waals surface area contributed by atoms with Gasteiger partial charge in [0.25, 0.3) is 0 Å². The number of unbranched alkanes of at least 4 members (excludes halogenated alkanes) is 1. The van der Waals surface area contributed by atoms with Gasteiger partial charge < -0.3 is 10.6 Å². The molecule has 0 unspecified atom stereocenters. The first kappa shape index (κ1) is 15.3. The Balaban J connectivity index is 2.08. The van der Waals surface area contributed by atoms with Gasteiger partial charge in [-0.15, -0.1) is 0 Å². The summed E-state index contributed by atoms with van der Waals surface area (Å²) in [6, 6.07) is 8.58. The Kier molecular flexibility index (Phi) is 5.55. The molecule has 2 aromatic rings. The van der Waals surface area contributed by atoms with E-state index in [9.17, 15) is 0 Å². The van der Waals surface area contributed by atoms with E-state index in [1.807, 2.05) is 20.0 Å². The SMILES string of the molecule is CCCCc1ccc(Nc2nc(NCC)ncc2C)cc1. The van der Waals surface area contributed by atoms with Crippen LogP contribution < -0.4 is 10.6 Å². The van der Waals surface area contributed by atoms with E-state index in [0.29, 0.717) is 5.95 Å². The Morgan fingerprint density at radius 1 is 1.10 bits per heavy atom. The minimum Gasteiger partial charge on any atom is -0.354 e. The molecule has 0 bridgehead atoms. The molecule has 0 atom stereocenters. The number of hydrogen-bond donors (Lipinski definition) is 2. The molecule has 2 rings (SSSR count). The van der Waals surface area contributed by atoms with Crippen LogP contribution in [0.2, 0.25) is 0 Å². The predicted octanol–water partition coefficient (Wildman–Crippen LogP) is 4.30. The predicted molar refractivity (Wildman–Crippen MR) is 89.3 cm³/mol. The fourth-order valence-corrected chi connectivity index (χ4v) is 2.08. The largest absolute Gasteiger partial charge is 0.354 e. The number of nitrogens with zero attached hydrogens (tertiary/aromatic N) is 2. The van der Waals surface area contributed by atoms with Gasteiger partial charge in [0.05, 0.1) is 0 Å². The smallest absolute Gasteiger partial charge is 0.224 e. The van der Waals surface area contributed by atoms with Gasteiger partial charge in [0, 0.05) is 24.0 Å². The standard InChI is InChI=1S/C17H24N4/c1-4-6-7-14-8-10-15(11-9-14)20-16-13(3)12-19-17(21-16)18-5-2/h8-12H,4-7H2,1-3H3,(H2,18,19,20,21). The van der Waals surface area contributed by atoms with Crippen molar-refractivity contribution >= 4 is 17.5 Å². The van der Waals surface area contributed by atoms with Crippen LogP contribution in [0.15, 0.2) is 30.5 Å². The van der Waals surface area contributed by atoms with Crippen molar-refractivity contribution in [3.8, 4) is 0 Å². The van der Waals surface area contributed by atoms with Crippen LogP contribution in [0.25, 0.3) is 0 Å². The van der Waals surface area contributed by atoms with E-state index < -0.39 is 0 Å². The molecule has 0 aliphatic carbocycles. The molecule has 0 aliphatic rings. The van der Waals surface area contributed by atoms with Gasteiger partial charge in [0.15, 0.2) is 0 Å². The molecule has 21 heavy (non-hydrogen) atoms. The molecule has 2 N–H and O–H groups in total. The topological polar surface area (TPSA) is 49.8 Å². The Bertz CT molecular complexity index is 564. The quantitative estimate of drug-likeness (QED) is 0.795. The van der Waals surface area contributed by atoms with Crippen molar-refractivity contribution in [2.24, 2.45) is 0 Å². The third-order valence-electron chi connectivity index (χ3n) is 3.34. The number of hydrogen-bond acceptors (Lipinski definition) is 4. The monoisotopic (exact) mass is 284 g/mol. The highest BCUT2D eigenvalue weighted by Gasteiger charge is 2.04. The number of aromatic nitrogens is 2. The Morgan fingerprint density at radius 3 is 2.52 bits per heavy atom. The second-order valence-electron chi connectivity index (χ2n) is 5.18. The van der Waals surface area contributed by atoms with Crippen LogP contribution in [0.5, 0.6) is 0 Å². The summed E-state index contributed by atoms with van der Waals surface area (Å²) in [5.74, 6) is 1.51. The Morgan fingerprint density at radius 2 is 1.86 bits per heavy atom. The zero-order valence-corrected chi connectivity index (χ0v) is 13.1. The van der Waals surface area contributed by atoms with E-state index in [4.69, 9.17) is 0 Å². The highest BCUT2D eigenvalue weighted by Crippen LogP contribution is 2.20. The minimum atomic E-state index is 0.658. The van der Waals surface area contributed by atoms with Gasteiger partial charge in [0.1, 0.15) is 5.82 Å². The summed E-state index contributed by atoms with van der Waals surface area (Å²) in [4.78, 5) is 8.75. The van der Waals surface area contributed by atoms with Crippen LogP contribution in [0.4, 0.5) is 17.5 Å². The average molecular weight is 284 g/mol. The maximum atomic E-state index is 4.50. The lowest BCUT2D eigenvalue weighted by atomic mass is 10.1. The molecule has 0 aliphatic heterocycles. The van der Waals surface area contributed by atoms with E-state index in [2.05, 4.69) is 51.8 Å². The van der Waals surface area contributed by atoms with Crippen molar-refractivity contribution in [3.05, 3.63) is 41.6 Å². The number of aryl methyl sites for hydroxylation is 2. The van der Waals surface area contributed by atoms with E-state index in [1.165, 1.54) is 18.4 Å². The van der Waals surface area contributed by atoms with Crippen LogP contribution >= 0.6 is 0 Å². The number of benzene rings is 1. The summed E-state index contributed by atoms with van der Waals surface area (Å²) < 4.78 is 0. The summed E-state index contributed by atoms with van der Waals surface area (Å²) in [6.07, 6.45) is 5.45. The molecule has 0 radical (unpaired) electrons. The van der Waals surface area contributed by atoms with Crippen LogP contribution in [0, 0.1) is 6.92 Å². The zero-order chi connectivity index (χ0) is 15.1. The van der Waals surface area contributed by atoms with E-state index in [-0.39, 0.29) is 0 Å². The summed E-state index contributed by atoms with van der Waals surface area (Å²) in [5.41, 5.74) is 3.47. The first-order valence-electron chi connectivity index (χ1n) is 7.66. The second kappa shape index (κ2) is 7.62. The molecule has 112 valence electrons. The average Bonchev–Trinajstić information content (AvgIpc) is 2.50. The molecule has 1 aromatic carbocycles. The van der Waals surface area contributed by atoms with E-state index in [0.717, 1.165) is 30.0 Å². The van der Waals surface area contributed by atoms with Gasteiger partial charge in [0.2, 0.25) is 5.95 Å². The molecular formula is C17H24N4. The van der Waals surface area contributed by atoms with E-state index in [1.54, 1.807) is 0 Å². The van der Waals surface area contributed by atoms with Gasteiger partial charge in [-0.05, 0) is 44.4 Å². The maximum Gasteiger partial charge on any atom is 0.224 e. The van der Waals surface area contributed by atoms with E-state index >= 15 is 0 Å². The van der Waals surface area contributed by atoms with Crippen molar-refractivity contribution in [3.63, 3.8) is 0 Å². The van der Waals surface area contributed by atoms with Crippen LogP contribution in [-0.2, 0) is 6.42 Å². The summed E-state index contributed by atoms with van der Waals surface area (Å²) in [5, 5.41) is 6.49. The van der Waals surface area contributed by atoms with Crippen molar-refractivity contribution < 1.29 is 0 Å². The molecule has 0 saturated heterocycles. The molecule has 1 heterocycles. The summed E-state index contributed by atoms with van der Waals surface area (Å²) >= 11 is 0. The first-order chi connectivity index (χ1) is 10.2. The molecule has 0 amide bonds. The zero-order valence-electron chi connectivity index (χ0n) is 13.1. The third kappa shape index (κ3) is 4.45. The molecule has 4 heteroatoms. The lowest BCUT2D eigenvalue weighted by molar-refractivity contribution is 0.795. The normalized spacial score (nSPS) is 10.4. The number of anilines is 3. The van der Waals surface area contributed by atoms with Crippen LogP contribution in [0.3, 0.4) is 0 Å². The minimum absolute atomic E-state index is 0.658. The first-order valence-corrected chi connectivity index (χ1v) is 7.66. The highest BCUT2D eigenvalue weighted by atomic mass is 15.1. The molecule has 0 spiro atoms. The Labute approximate surface area is 127 Å². The maximum absolute atomic E-state index is 4.50. The van der Waals surface area contributed by atoms with Gasteiger partial charge in [-0.25, -0.2) is 4.98 Å². The molecule has 0 saturated carbocycles. The Hall–Kier alpha value is -2.10. The van der Waals surface area contributed by atoms with Crippen LogP contribution in [-0.4, -0.2) is 16.5 Å². The van der Waals surface area contributed by atoms with Gasteiger partial charge in [-0.3, -0.25) is 0 Å². The lowest BCUT2D eigenvalue weighted by Crippen LogP contribution is -2.05. The van der Waals surface area contributed by atoms with Crippen molar-refractivity contribution in [1.82, 2.24) is 9.97 Å². The van der Waals surface area contributed by atoms with Crippen molar-refractivity contribution in [1.29, 1.82) is 0 Å². The lowest BCUT2D eigenvalue weighted by Gasteiger charge is -2.11. The molecule has 0 fully saturated rings. The number of rotatable bonds is 7. The molecular weight excluding hydrogens is 260 g/mol. The van der Waals surface area contributed by atoms with Gasteiger partial charge >= 0.3 is 0 Å². The van der Waals surface area contributed by atoms with Crippen LogP contribution in [0.1, 0.15) is 37.8 Å². The fourth-order valence-electron chi connectivity index (χ4n) is 2.08. The van der Waals surface area contributed by atoms with Crippen molar-refractivity contribution in [2.45, 2.75) is 40.0 Å². The summed E-state index contributed by atoms with van der Waals surface area (Å²) in [7, 11) is 0. The second-order valence-corrected chi connectivity index (χ2v) is 5.18. The number of nitrogens with one attached hydrogen (secondary N) is 2. The summed E-state index contributed by atoms with van der Waals surface area (Å²) in [6.45, 7) is 7.07. The fraction of sp³-hybridized carbons (Fsp3) is 0.412. The molecule has 4 nitrogen and oxygen atoms in total.